The van der Waals surface area contributed by atoms with Crippen LogP contribution in [0.2, 0.25) is 0 Å². The summed E-state index contributed by atoms with van der Waals surface area (Å²) in [4.78, 5) is 8.51. The fraction of sp³-hybridized carbons (Fsp3) is 0.600. The predicted octanol–water partition coefficient (Wildman–Crippen LogP) is 2.23. The second-order valence-corrected chi connectivity index (χ2v) is 5.03. The van der Waals surface area contributed by atoms with Crippen molar-refractivity contribution in [2.24, 2.45) is 10.9 Å². The number of nitrogens with zero attached hydrogens (tertiary/aromatic N) is 2. The molecule has 4 heteroatoms. The van der Waals surface area contributed by atoms with E-state index < -0.39 is 0 Å². The lowest BCUT2D eigenvalue weighted by Crippen LogP contribution is -2.38. The molecule has 4 nitrogen and oxygen atoms in total. The zero-order valence-electron chi connectivity index (χ0n) is 12.3. The molecule has 0 bridgehead atoms. The molecule has 1 aromatic rings. The Morgan fingerprint density at radius 3 is 2.68 bits per heavy atom. The Kier molecular flexibility index (Phi) is 7.63. The molecule has 0 aliphatic heterocycles. The topological polar surface area (TPSA) is 49.3 Å². The Morgan fingerprint density at radius 1 is 1.26 bits per heavy atom. The van der Waals surface area contributed by atoms with Gasteiger partial charge >= 0.3 is 0 Å². The highest BCUT2D eigenvalue weighted by atomic mass is 15.2. The molecule has 19 heavy (non-hydrogen) atoms. The van der Waals surface area contributed by atoms with Gasteiger partial charge in [-0.2, -0.15) is 0 Å². The number of hydrogen-bond acceptors (Lipinski definition) is 2. The van der Waals surface area contributed by atoms with Gasteiger partial charge in [-0.05, 0) is 30.9 Å². The number of pyridine rings is 1. The lowest BCUT2D eigenvalue weighted by Gasteiger charge is -2.12. The normalized spacial score (nSPS) is 11.7. The standard InChI is InChI=1S/C15H26N4/c1-13(2)7-6-11-18-15(16-3)19-12-9-14-8-4-5-10-17-14/h4-5,8,10,13H,6-7,9,11-12H2,1-3H3,(H2,16,18,19). The van der Waals surface area contributed by atoms with E-state index >= 15 is 0 Å². The molecule has 0 amide bonds. The minimum absolute atomic E-state index is 0.765. The summed E-state index contributed by atoms with van der Waals surface area (Å²) in [5, 5.41) is 6.63. The van der Waals surface area contributed by atoms with Crippen molar-refractivity contribution in [1.82, 2.24) is 15.6 Å². The van der Waals surface area contributed by atoms with Crippen LogP contribution in [-0.4, -0.2) is 31.1 Å². The Bertz CT molecular complexity index is 360. The first kappa shape index (κ1) is 15.5. The second-order valence-electron chi connectivity index (χ2n) is 5.03. The summed E-state index contributed by atoms with van der Waals surface area (Å²) in [5.74, 6) is 1.64. The van der Waals surface area contributed by atoms with E-state index in [1.165, 1.54) is 12.8 Å². The molecule has 0 fully saturated rings. The van der Waals surface area contributed by atoms with Crippen LogP contribution in [0.15, 0.2) is 29.4 Å². The molecule has 0 saturated carbocycles. The first-order valence-electron chi connectivity index (χ1n) is 7.06. The number of hydrogen-bond donors (Lipinski definition) is 2. The molecule has 0 unspecified atom stereocenters. The molecule has 1 heterocycles. The van der Waals surface area contributed by atoms with Crippen molar-refractivity contribution in [2.75, 3.05) is 20.1 Å². The molecule has 0 radical (unpaired) electrons. The van der Waals surface area contributed by atoms with Gasteiger partial charge < -0.3 is 10.6 Å². The van der Waals surface area contributed by atoms with E-state index in [1.54, 1.807) is 7.05 Å². The fourth-order valence-corrected chi connectivity index (χ4v) is 1.79. The van der Waals surface area contributed by atoms with Gasteiger partial charge in [-0.15, -0.1) is 0 Å². The van der Waals surface area contributed by atoms with Gasteiger partial charge in [-0.1, -0.05) is 19.9 Å². The summed E-state index contributed by atoms with van der Waals surface area (Å²) in [6, 6.07) is 5.99. The van der Waals surface area contributed by atoms with Gasteiger partial charge in [0, 0.05) is 38.4 Å². The molecule has 0 aliphatic rings. The van der Waals surface area contributed by atoms with Crippen LogP contribution in [0.1, 0.15) is 32.4 Å². The maximum Gasteiger partial charge on any atom is 0.190 e. The molecule has 0 aromatic carbocycles. The van der Waals surface area contributed by atoms with Crippen molar-refractivity contribution < 1.29 is 0 Å². The van der Waals surface area contributed by atoms with E-state index in [4.69, 9.17) is 0 Å². The largest absolute Gasteiger partial charge is 0.356 e. The molecule has 1 aromatic heterocycles. The third kappa shape index (κ3) is 7.44. The van der Waals surface area contributed by atoms with Gasteiger partial charge in [0.15, 0.2) is 5.96 Å². The van der Waals surface area contributed by atoms with E-state index in [9.17, 15) is 0 Å². The van der Waals surface area contributed by atoms with Crippen molar-refractivity contribution in [3.8, 4) is 0 Å². The Balaban J connectivity index is 2.15. The quantitative estimate of drug-likeness (QED) is 0.450. The number of guanidine groups is 1. The minimum atomic E-state index is 0.765. The summed E-state index contributed by atoms with van der Waals surface area (Å²) in [6.45, 7) is 6.32. The Labute approximate surface area is 116 Å². The maximum absolute atomic E-state index is 4.30. The maximum atomic E-state index is 4.30. The van der Waals surface area contributed by atoms with Crippen molar-refractivity contribution in [3.63, 3.8) is 0 Å². The van der Waals surface area contributed by atoms with Crippen LogP contribution >= 0.6 is 0 Å². The molecule has 0 saturated heterocycles. The minimum Gasteiger partial charge on any atom is -0.356 e. The molecule has 106 valence electrons. The molecule has 2 N–H and O–H groups in total. The van der Waals surface area contributed by atoms with Gasteiger partial charge in [0.2, 0.25) is 0 Å². The van der Waals surface area contributed by atoms with Gasteiger partial charge in [-0.3, -0.25) is 9.98 Å². The summed E-state index contributed by atoms with van der Waals surface area (Å²) < 4.78 is 0. The zero-order valence-corrected chi connectivity index (χ0v) is 12.3. The van der Waals surface area contributed by atoms with Crippen LogP contribution in [0.25, 0.3) is 0 Å². The van der Waals surface area contributed by atoms with Crippen LogP contribution in [0, 0.1) is 5.92 Å². The lowest BCUT2D eigenvalue weighted by molar-refractivity contribution is 0.549. The highest BCUT2D eigenvalue weighted by Crippen LogP contribution is 2.01. The molecule has 0 spiro atoms. The van der Waals surface area contributed by atoms with Gasteiger partial charge in [0.05, 0.1) is 0 Å². The number of aromatic nitrogens is 1. The highest BCUT2D eigenvalue weighted by Gasteiger charge is 1.99. The second kappa shape index (κ2) is 9.36. The lowest BCUT2D eigenvalue weighted by atomic mass is 10.1. The molecule has 0 atom stereocenters. The molecular formula is C15H26N4. The van der Waals surface area contributed by atoms with Crippen LogP contribution in [0.4, 0.5) is 0 Å². The Morgan fingerprint density at radius 2 is 2.05 bits per heavy atom. The SMILES string of the molecule is CN=C(NCCCC(C)C)NCCc1ccccn1. The van der Waals surface area contributed by atoms with E-state index in [0.717, 1.165) is 37.1 Å². The number of nitrogens with one attached hydrogen (secondary N) is 2. The third-order valence-electron chi connectivity index (χ3n) is 2.87. The third-order valence-corrected chi connectivity index (χ3v) is 2.87. The smallest absolute Gasteiger partial charge is 0.190 e. The first-order chi connectivity index (χ1) is 9.22. The Hall–Kier alpha value is -1.58. The van der Waals surface area contributed by atoms with E-state index in [1.807, 2.05) is 24.4 Å². The summed E-state index contributed by atoms with van der Waals surface area (Å²) >= 11 is 0. The first-order valence-corrected chi connectivity index (χ1v) is 7.06. The monoisotopic (exact) mass is 262 g/mol. The average Bonchev–Trinajstić information content (AvgIpc) is 2.42. The van der Waals surface area contributed by atoms with E-state index in [-0.39, 0.29) is 0 Å². The van der Waals surface area contributed by atoms with Crippen molar-refractivity contribution in [2.45, 2.75) is 33.1 Å². The van der Waals surface area contributed by atoms with Gasteiger partial charge in [0.1, 0.15) is 0 Å². The zero-order chi connectivity index (χ0) is 13.9. The fourth-order valence-electron chi connectivity index (χ4n) is 1.79. The van der Waals surface area contributed by atoms with E-state index in [0.29, 0.717) is 0 Å². The molecule has 0 aliphatic carbocycles. The van der Waals surface area contributed by atoms with Crippen LogP contribution in [0.5, 0.6) is 0 Å². The summed E-state index contributed by atoms with van der Waals surface area (Å²) in [6.07, 6.45) is 5.17. The van der Waals surface area contributed by atoms with Gasteiger partial charge in [-0.25, -0.2) is 0 Å². The predicted molar refractivity (Wildman–Crippen MR) is 81.4 cm³/mol. The van der Waals surface area contributed by atoms with Crippen LogP contribution < -0.4 is 10.6 Å². The van der Waals surface area contributed by atoms with E-state index in [2.05, 4.69) is 34.5 Å². The summed E-state index contributed by atoms with van der Waals surface area (Å²) in [5.41, 5.74) is 1.10. The number of aliphatic imine (C=N–C) groups is 1. The van der Waals surface area contributed by atoms with Crippen LogP contribution in [-0.2, 0) is 6.42 Å². The van der Waals surface area contributed by atoms with Crippen molar-refractivity contribution in [1.29, 1.82) is 0 Å². The van der Waals surface area contributed by atoms with Crippen LogP contribution in [0.3, 0.4) is 0 Å². The summed E-state index contributed by atoms with van der Waals surface area (Å²) in [7, 11) is 1.80. The average molecular weight is 262 g/mol. The van der Waals surface area contributed by atoms with Crippen molar-refractivity contribution >= 4 is 5.96 Å². The van der Waals surface area contributed by atoms with Gasteiger partial charge in [0.25, 0.3) is 0 Å². The van der Waals surface area contributed by atoms with Crippen molar-refractivity contribution in [3.05, 3.63) is 30.1 Å². The highest BCUT2D eigenvalue weighted by molar-refractivity contribution is 5.79. The molecule has 1 rings (SSSR count). The molecular weight excluding hydrogens is 236 g/mol. The number of rotatable bonds is 7.